The maximum Gasteiger partial charge on any atom is 0.229 e. The van der Waals surface area contributed by atoms with Gasteiger partial charge in [-0.05, 0) is 30.4 Å². The van der Waals surface area contributed by atoms with Crippen LogP contribution < -0.4 is 10.6 Å². The Kier molecular flexibility index (Phi) is 4.47. The van der Waals surface area contributed by atoms with Crippen LogP contribution in [0.2, 0.25) is 0 Å². The SMILES string of the molecule is CNC(=O)C12CC1[C@@H](n1cnc3c(NC)nc(C#Cc4ccc(F)s4)nc31)C(O)C2O. The minimum atomic E-state index is -1.18. The number of carbonyl (C=O) groups is 1. The van der Waals surface area contributed by atoms with Crippen molar-refractivity contribution in [3.63, 3.8) is 0 Å². The number of nitrogens with one attached hydrogen (secondary N) is 2. The lowest BCUT2D eigenvalue weighted by Crippen LogP contribution is -2.41. The van der Waals surface area contributed by atoms with Crippen molar-refractivity contribution in [2.24, 2.45) is 11.3 Å². The van der Waals surface area contributed by atoms with E-state index in [1.165, 1.54) is 19.4 Å². The second-order valence-corrected chi connectivity index (χ2v) is 8.71. The molecule has 1 amide bonds. The Bertz CT molecular complexity index is 1260. The molecule has 0 aromatic carbocycles. The van der Waals surface area contributed by atoms with Crippen molar-refractivity contribution in [3.05, 3.63) is 34.3 Å². The van der Waals surface area contributed by atoms with E-state index in [0.29, 0.717) is 28.3 Å². The van der Waals surface area contributed by atoms with Crippen molar-refractivity contribution in [2.45, 2.75) is 24.7 Å². The molecule has 5 rings (SSSR count). The topological polar surface area (TPSA) is 125 Å². The van der Waals surface area contributed by atoms with Gasteiger partial charge in [-0.2, -0.15) is 4.39 Å². The van der Waals surface area contributed by atoms with E-state index in [4.69, 9.17) is 0 Å². The lowest BCUT2D eigenvalue weighted by atomic mass is 9.98. The molecule has 3 heterocycles. The largest absolute Gasteiger partial charge is 0.389 e. The van der Waals surface area contributed by atoms with Gasteiger partial charge in [0.1, 0.15) is 6.10 Å². The minimum Gasteiger partial charge on any atom is -0.389 e. The molecule has 9 nitrogen and oxygen atoms in total. The van der Waals surface area contributed by atoms with Crippen LogP contribution in [0.15, 0.2) is 18.5 Å². The number of fused-ring (bicyclic) bond motifs is 2. The number of aliphatic hydroxyl groups excluding tert-OH is 2. The summed E-state index contributed by atoms with van der Waals surface area (Å²) in [7, 11) is 3.21. The van der Waals surface area contributed by atoms with E-state index in [1.54, 1.807) is 17.7 Å². The Hall–Kier alpha value is -3.07. The number of halogens is 1. The van der Waals surface area contributed by atoms with E-state index in [2.05, 4.69) is 37.4 Å². The maximum atomic E-state index is 13.2. The van der Waals surface area contributed by atoms with E-state index >= 15 is 0 Å². The van der Waals surface area contributed by atoms with Crippen molar-refractivity contribution in [1.82, 2.24) is 24.8 Å². The molecule has 11 heteroatoms. The standard InChI is InChI=1S/C20H19FN6O3S/c1-22-17-13-18(26-12(25-17)6-4-9-3-5-11(21)31-9)27(8-24-13)14-10-7-20(10,19(30)23-2)16(29)15(14)28/h3,5,8,10,14-16,28-29H,7H2,1-2H3,(H,23,30)(H,22,25,26)/t10?,14-,15?,16?,20?/m1/s1. The molecule has 5 atom stereocenters. The average Bonchev–Trinajstić information content (AvgIpc) is 3.02. The molecule has 0 radical (unpaired) electrons. The summed E-state index contributed by atoms with van der Waals surface area (Å²) in [5.74, 6) is 5.81. The lowest BCUT2D eigenvalue weighted by molar-refractivity contribution is -0.132. The van der Waals surface area contributed by atoms with Crippen molar-refractivity contribution < 1.29 is 19.4 Å². The van der Waals surface area contributed by atoms with E-state index in [0.717, 1.165) is 11.3 Å². The van der Waals surface area contributed by atoms with E-state index in [-0.39, 0.29) is 22.8 Å². The minimum absolute atomic E-state index is 0.203. The number of amides is 1. The van der Waals surface area contributed by atoms with Crippen LogP contribution >= 0.6 is 11.3 Å². The molecule has 160 valence electrons. The fraction of sp³-hybridized carbons (Fsp3) is 0.400. The van der Waals surface area contributed by atoms with Crippen molar-refractivity contribution in [3.8, 4) is 11.8 Å². The zero-order valence-electron chi connectivity index (χ0n) is 16.6. The molecule has 2 aliphatic carbocycles. The monoisotopic (exact) mass is 442 g/mol. The third kappa shape index (κ3) is 2.83. The molecule has 2 aliphatic rings. The Morgan fingerprint density at radius 3 is 2.81 bits per heavy atom. The van der Waals surface area contributed by atoms with E-state index < -0.39 is 23.7 Å². The van der Waals surface area contributed by atoms with Crippen LogP contribution in [0.1, 0.15) is 23.2 Å². The summed E-state index contributed by atoms with van der Waals surface area (Å²) in [6, 6.07) is 2.36. The van der Waals surface area contributed by atoms with Crippen LogP contribution in [0.25, 0.3) is 11.2 Å². The highest BCUT2D eigenvalue weighted by Gasteiger charge is 2.75. The molecular weight excluding hydrogens is 423 g/mol. The van der Waals surface area contributed by atoms with Gasteiger partial charge in [-0.3, -0.25) is 4.79 Å². The first kappa shape index (κ1) is 19.9. The molecule has 31 heavy (non-hydrogen) atoms. The highest BCUT2D eigenvalue weighted by Crippen LogP contribution is 2.67. The van der Waals surface area contributed by atoms with Crippen LogP contribution in [0, 0.1) is 28.3 Å². The summed E-state index contributed by atoms with van der Waals surface area (Å²) in [5, 5.41) is 26.6. The summed E-state index contributed by atoms with van der Waals surface area (Å²) >= 11 is 0.929. The molecule has 4 N–H and O–H groups in total. The summed E-state index contributed by atoms with van der Waals surface area (Å²) in [4.78, 5) is 26.2. The van der Waals surface area contributed by atoms with Crippen molar-refractivity contribution >= 4 is 34.2 Å². The highest BCUT2D eigenvalue weighted by atomic mass is 32.1. The van der Waals surface area contributed by atoms with Gasteiger partial charge in [-0.1, -0.05) is 11.3 Å². The van der Waals surface area contributed by atoms with Gasteiger partial charge in [-0.25, -0.2) is 15.0 Å². The third-order valence-electron chi connectivity index (χ3n) is 6.17. The number of aromatic nitrogens is 4. The van der Waals surface area contributed by atoms with Crippen LogP contribution in [-0.4, -0.2) is 61.9 Å². The predicted octanol–water partition coefficient (Wildman–Crippen LogP) is 0.497. The molecule has 4 unspecified atom stereocenters. The second-order valence-electron chi connectivity index (χ2n) is 7.68. The smallest absolute Gasteiger partial charge is 0.229 e. The summed E-state index contributed by atoms with van der Waals surface area (Å²) < 4.78 is 14.9. The zero-order valence-corrected chi connectivity index (χ0v) is 17.4. The van der Waals surface area contributed by atoms with Crippen LogP contribution in [0.3, 0.4) is 0 Å². The third-order valence-corrected chi connectivity index (χ3v) is 6.96. The Balaban J connectivity index is 1.58. The number of nitrogens with zero attached hydrogens (tertiary/aromatic N) is 4. The quantitative estimate of drug-likeness (QED) is 0.435. The fourth-order valence-electron chi connectivity index (χ4n) is 4.65. The first-order valence-electron chi connectivity index (χ1n) is 9.68. The van der Waals surface area contributed by atoms with Crippen molar-refractivity contribution in [2.75, 3.05) is 19.4 Å². The Morgan fingerprint density at radius 2 is 2.13 bits per heavy atom. The molecule has 3 aromatic heterocycles. The first-order chi connectivity index (χ1) is 14.9. The average molecular weight is 442 g/mol. The molecular formula is C20H19FN6O3S. The van der Waals surface area contributed by atoms with Gasteiger partial charge in [0, 0.05) is 20.0 Å². The van der Waals surface area contributed by atoms with Gasteiger partial charge >= 0.3 is 0 Å². The number of carbonyl (C=O) groups excluding carboxylic acids is 1. The predicted molar refractivity (Wildman–Crippen MR) is 111 cm³/mol. The number of hydrogen-bond donors (Lipinski definition) is 4. The van der Waals surface area contributed by atoms with Gasteiger partial charge in [0.25, 0.3) is 0 Å². The first-order valence-corrected chi connectivity index (χ1v) is 10.5. The van der Waals surface area contributed by atoms with Crippen LogP contribution in [0.5, 0.6) is 0 Å². The number of anilines is 1. The number of imidazole rings is 1. The number of aliphatic hydroxyl groups is 2. The zero-order chi connectivity index (χ0) is 21.9. The highest BCUT2D eigenvalue weighted by molar-refractivity contribution is 7.10. The van der Waals surface area contributed by atoms with E-state index in [9.17, 15) is 19.4 Å². The summed E-state index contributed by atoms with van der Waals surface area (Å²) in [6.45, 7) is 0. The van der Waals surface area contributed by atoms with Gasteiger partial charge in [-0.15, -0.1) is 0 Å². The van der Waals surface area contributed by atoms with Gasteiger partial charge in [0.2, 0.25) is 11.7 Å². The second kappa shape index (κ2) is 6.98. The molecule has 0 spiro atoms. The van der Waals surface area contributed by atoms with Gasteiger partial charge in [0.15, 0.2) is 22.1 Å². The Labute approximate surface area is 180 Å². The van der Waals surface area contributed by atoms with E-state index in [1.807, 2.05) is 0 Å². The number of thiophene rings is 1. The normalized spacial score (nSPS) is 28.7. The van der Waals surface area contributed by atoms with Crippen LogP contribution in [-0.2, 0) is 4.79 Å². The van der Waals surface area contributed by atoms with Gasteiger partial charge < -0.3 is 25.4 Å². The molecule has 0 bridgehead atoms. The van der Waals surface area contributed by atoms with Crippen LogP contribution in [0.4, 0.5) is 10.2 Å². The molecule has 3 aromatic rings. The molecule has 0 saturated heterocycles. The molecule has 2 saturated carbocycles. The lowest BCUT2D eigenvalue weighted by Gasteiger charge is -2.23. The number of hydrogen-bond acceptors (Lipinski definition) is 8. The number of rotatable bonds is 3. The van der Waals surface area contributed by atoms with Crippen molar-refractivity contribution in [1.29, 1.82) is 0 Å². The Morgan fingerprint density at radius 1 is 1.32 bits per heavy atom. The molecule has 0 aliphatic heterocycles. The maximum absolute atomic E-state index is 13.2. The fourth-order valence-corrected chi connectivity index (χ4v) is 5.23. The summed E-state index contributed by atoms with van der Waals surface area (Å²) in [6.07, 6.45) is -0.329. The summed E-state index contributed by atoms with van der Waals surface area (Å²) in [5.41, 5.74) is -0.0907. The van der Waals surface area contributed by atoms with Gasteiger partial charge in [0.05, 0.1) is 28.8 Å². The molecule has 2 fully saturated rings.